The number of nitrogens with one attached hydrogen (secondary N) is 1. The molecular formula is C17H18N2OS. The minimum absolute atomic E-state index is 0.0514. The molecule has 1 aromatic carbocycles. The van der Waals surface area contributed by atoms with Gasteiger partial charge in [-0.2, -0.15) is 0 Å². The van der Waals surface area contributed by atoms with E-state index < -0.39 is 0 Å². The lowest BCUT2D eigenvalue weighted by atomic mass is 10.1. The van der Waals surface area contributed by atoms with Crippen molar-refractivity contribution in [2.45, 2.75) is 26.8 Å². The van der Waals surface area contributed by atoms with E-state index in [1.165, 1.54) is 5.56 Å². The third-order valence-corrected chi connectivity index (χ3v) is 4.54. The van der Waals surface area contributed by atoms with E-state index in [4.69, 9.17) is 0 Å². The van der Waals surface area contributed by atoms with E-state index in [2.05, 4.69) is 35.2 Å². The van der Waals surface area contributed by atoms with Crippen molar-refractivity contribution in [3.63, 3.8) is 0 Å². The molecule has 21 heavy (non-hydrogen) atoms. The monoisotopic (exact) mass is 298 g/mol. The van der Waals surface area contributed by atoms with Crippen molar-refractivity contribution in [2.24, 2.45) is 0 Å². The Labute approximate surface area is 128 Å². The fourth-order valence-electron chi connectivity index (χ4n) is 2.52. The summed E-state index contributed by atoms with van der Waals surface area (Å²) >= 11 is 1.67. The van der Waals surface area contributed by atoms with Gasteiger partial charge in [-0.1, -0.05) is 19.1 Å². The fourth-order valence-corrected chi connectivity index (χ4v) is 3.35. The Kier molecular flexibility index (Phi) is 3.80. The minimum atomic E-state index is -0.0514. The summed E-state index contributed by atoms with van der Waals surface area (Å²) in [5, 5.41) is 5.04. The third-order valence-electron chi connectivity index (χ3n) is 3.69. The van der Waals surface area contributed by atoms with Crippen molar-refractivity contribution in [1.29, 1.82) is 0 Å². The van der Waals surface area contributed by atoms with E-state index in [1.54, 1.807) is 11.3 Å². The van der Waals surface area contributed by atoms with Crippen molar-refractivity contribution >= 4 is 33.1 Å². The number of thiophene rings is 1. The van der Waals surface area contributed by atoms with E-state index in [-0.39, 0.29) is 5.91 Å². The molecule has 1 amide bonds. The average molecular weight is 298 g/mol. The van der Waals surface area contributed by atoms with Crippen LogP contribution in [0.2, 0.25) is 0 Å². The predicted molar refractivity (Wildman–Crippen MR) is 89.3 cm³/mol. The number of carbonyl (C=O) groups is 1. The average Bonchev–Trinajstić information content (AvgIpc) is 3.08. The Morgan fingerprint density at radius 1 is 1.19 bits per heavy atom. The van der Waals surface area contributed by atoms with E-state index >= 15 is 0 Å². The van der Waals surface area contributed by atoms with Crippen LogP contribution in [0, 0.1) is 0 Å². The molecule has 0 radical (unpaired) electrons. The second-order valence-corrected chi connectivity index (χ2v) is 5.90. The van der Waals surface area contributed by atoms with Crippen molar-refractivity contribution in [1.82, 2.24) is 4.57 Å². The maximum absolute atomic E-state index is 12.5. The summed E-state index contributed by atoms with van der Waals surface area (Å²) in [6.45, 7) is 4.97. The molecule has 0 saturated heterocycles. The molecular weight excluding hydrogens is 280 g/mol. The molecule has 0 spiro atoms. The van der Waals surface area contributed by atoms with Gasteiger partial charge >= 0.3 is 0 Å². The molecule has 3 aromatic rings. The van der Waals surface area contributed by atoms with Gasteiger partial charge in [-0.15, -0.1) is 11.3 Å². The maximum atomic E-state index is 12.5. The molecule has 4 heteroatoms. The summed E-state index contributed by atoms with van der Waals surface area (Å²) in [6, 6.07) is 12.0. The van der Waals surface area contributed by atoms with Crippen LogP contribution in [0.4, 0.5) is 5.69 Å². The molecule has 0 bridgehead atoms. The van der Waals surface area contributed by atoms with Gasteiger partial charge in [0.25, 0.3) is 5.91 Å². The van der Waals surface area contributed by atoms with Crippen LogP contribution in [0.1, 0.15) is 29.9 Å². The Morgan fingerprint density at radius 3 is 2.62 bits per heavy atom. The number of aryl methyl sites for hydroxylation is 2. The zero-order valence-electron chi connectivity index (χ0n) is 12.2. The first-order chi connectivity index (χ1) is 10.2. The summed E-state index contributed by atoms with van der Waals surface area (Å²) < 4.78 is 3.21. The van der Waals surface area contributed by atoms with Gasteiger partial charge in [-0.3, -0.25) is 4.79 Å². The topological polar surface area (TPSA) is 34.0 Å². The lowest BCUT2D eigenvalue weighted by Gasteiger charge is -2.09. The van der Waals surface area contributed by atoms with Crippen LogP contribution in [0.15, 0.2) is 41.8 Å². The van der Waals surface area contributed by atoms with Crippen LogP contribution < -0.4 is 5.32 Å². The van der Waals surface area contributed by atoms with Crippen LogP contribution >= 0.6 is 11.3 Å². The van der Waals surface area contributed by atoms with Crippen molar-refractivity contribution < 1.29 is 4.79 Å². The normalized spacial score (nSPS) is 11.0. The van der Waals surface area contributed by atoms with Crippen LogP contribution in [-0.2, 0) is 13.0 Å². The molecule has 2 heterocycles. The molecule has 108 valence electrons. The highest BCUT2D eigenvalue weighted by Crippen LogP contribution is 2.25. The second-order valence-electron chi connectivity index (χ2n) is 4.95. The van der Waals surface area contributed by atoms with Gasteiger partial charge in [0, 0.05) is 12.2 Å². The van der Waals surface area contributed by atoms with Gasteiger partial charge < -0.3 is 9.88 Å². The Balaban J connectivity index is 1.87. The number of benzene rings is 1. The van der Waals surface area contributed by atoms with Gasteiger partial charge in [0.2, 0.25) is 0 Å². The molecule has 1 N–H and O–H groups in total. The molecule has 0 unspecified atom stereocenters. The standard InChI is InChI=1S/C17H18N2OS/c1-3-12-5-7-13(8-6-12)18-17(20)15-11-16-14(9-10-21-16)19(15)4-2/h5-11H,3-4H2,1-2H3,(H,18,20). The van der Waals surface area contributed by atoms with Crippen LogP contribution in [0.5, 0.6) is 0 Å². The summed E-state index contributed by atoms with van der Waals surface area (Å²) in [5.41, 5.74) is 3.96. The van der Waals surface area contributed by atoms with Gasteiger partial charge in [0.1, 0.15) is 5.69 Å². The van der Waals surface area contributed by atoms with E-state index in [1.807, 2.05) is 30.3 Å². The lowest BCUT2D eigenvalue weighted by Crippen LogP contribution is -2.16. The highest BCUT2D eigenvalue weighted by molar-refractivity contribution is 7.17. The van der Waals surface area contributed by atoms with E-state index in [0.717, 1.165) is 34.6 Å². The maximum Gasteiger partial charge on any atom is 0.272 e. The van der Waals surface area contributed by atoms with E-state index in [0.29, 0.717) is 0 Å². The number of rotatable bonds is 4. The largest absolute Gasteiger partial charge is 0.336 e. The number of nitrogens with zero attached hydrogens (tertiary/aromatic N) is 1. The number of anilines is 1. The Morgan fingerprint density at radius 2 is 1.95 bits per heavy atom. The van der Waals surface area contributed by atoms with Crippen LogP contribution in [-0.4, -0.2) is 10.5 Å². The zero-order chi connectivity index (χ0) is 14.8. The lowest BCUT2D eigenvalue weighted by molar-refractivity contribution is 0.101. The number of carbonyl (C=O) groups excluding carboxylic acids is 1. The SMILES string of the molecule is CCc1ccc(NC(=O)c2cc3sccc3n2CC)cc1. The molecule has 0 fully saturated rings. The smallest absolute Gasteiger partial charge is 0.272 e. The molecule has 2 aromatic heterocycles. The highest BCUT2D eigenvalue weighted by atomic mass is 32.1. The third kappa shape index (κ3) is 2.59. The number of fused-ring (bicyclic) bond motifs is 1. The molecule has 0 aliphatic heterocycles. The number of aromatic nitrogens is 1. The van der Waals surface area contributed by atoms with Crippen molar-refractivity contribution in [3.8, 4) is 0 Å². The molecule has 0 atom stereocenters. The van der Waals surface area contributed by atoms with Crippen LogP contribution in [0.25, 0.3) is 10.2 Å². The van der Waals surface area contributed by atoms with Gasteiger partial charge in [-0.25, -0.2) is 0 Å². The summed E-state index contributed by atoms with van der Waals surface area (Å²) in [4.78, 5) is 12.5. The number of amides is 1. The van der Waals surface area contributed by atoms with Gasteiger partial charge in [-0.05, 0) is 48.6 Å². The quantitative estimate of drug-likeness (QED) is 0.754. The molecule has 3 rings (SSSR count). The predicted octanol–water partition coefficient (Wildman–Crippen LogP) is 4.54. The minimum Gasteiger partial charge on any atom is -0.336 e. The van der Waals surface area contributed by atoms with Crippen molar-refractivity contribution in [3.05, 3.63) is 53.0 Å². The second kappa shape index (κ2) is 5.74. The Hall–Kier alpha value is -2.07. The first kappa shape index (κ1) is 13.9. The molecule has 0 aliphatic rings. The first-order valence-electron chi connectivity index (χ1n) is 7.20. The first-order valence-corrected chi connectivity index (χ1v) is 8.08. The van der Waals surface area contributed by atoms with Crippen molar-refractivity contribution in [2.75, 3.05) is 5.32 Å². The molecule has 0 aliphatic carbocycles. The van der Waals surface area contributed by atoms with Gasteiger partial charge in [0.05, 0.1) is 10.2 Å². The Bertz CT molecular complexity index is 768. The highest BCUT2D eigenvalue weighted by Gasteiger charge is 2.15. The number of hydrogen-bond acceptors (Lipinski definition) is 2. The van der Waals surface area contributed by atoms with Crippen LogP contribution in [0.3, 0.4) is 0 Å². The fraction of sp³-hybridized carbons (Fsp3) is 0.235. The van der Waals surface area contributed by atoms with Gasteiger partial charge in [0.15, 0.2) is 0 Å². The summed E-state index contributed by atoms with van der Waals surface area (Å²) in [7, 11) is 0. The summed E-state index contributed by atoms with van der Waals surface area (Å²) in [5.74, 6) is -0.0514. The summed E-state index contributed by atoms with van der Waals surface area (Å²) in [6.07, 6.45) is 1.00. The number of hydrogen-bond donors (Lipinski definition) is 1. The molecule has 3 nitrogen and oxygen atoms in total. The molecule has 0 saturated carbocycles. The zero-order valence-corrected chi connectivity index (χ0v) is 13.0. The van der Waals surface area contributed by atoms with E-state index in [9.17, 15) is 4.79 Å².